The molecule has 0 aliphatic carbocycles. The first-order chi connectivity index (χ1) is 7.91. The number of halogens is 2. The van der Waals surface area contributed by atoms with Crippen LogP contribution in [0, 0.1) is 0 Å². The van der Waals surface area contributed by atoms with Gasteiger partial charge >= 0.3 is 11.9 Å². The summed E-state index contributed by atoms with van der Waals surface area (Å²) in [5.41, 5.74) is -0.161. The molecule has 1 aromatic rings. The maximum atomic E-state index is 12.5. The van der Waals surface area contributed by atoms with Gasteiger partial charge in [0.15, 0.2) is 0 Å². The van der Waals surface area contributed by atoms with Crippen LogP contribution in [0.25, 0.3) is 0 Å². The fourth-order valence-corrected chi connectivity index (χ4v) is 1.53. The molecular weight excluding hydrogens is 236 g/mol. The van der Waals surface area contributed by atoms with Crippen molar-refractivity contribution < 1.29 is 28.6 Å². The number of alkyl halides is 2. The van der Waals surface area contributed by atoms with Gasteiger partial charge in [0.25, 0.3) is 6.43 Å². The minimum Gasteiger partial charge on any atom is -0.481 e. The molecule has 0 saturated heterocycles. The summed E-state index contributed by atoms with van der Waals surface area (Å²) in [6.45, 7) is 0. The molecule has 0 bridgehead atoms. The van der Waals surface area contributed by atoms with Gasteiger partial charge in [-0.2, -0.15) is 0 Å². The molecule has 0 spiro atoms. The van der Waals surface area contributed by atoms with Crippen LogP contribution in [0.5, 0.6) is 0 Å². The number of nitrogens with one attached hydrogen (secondary N) is 1. The lowest BCUT2D eigenvalue weighted by atomic mass is 10.0. The lowest BCUT2D eigenvalue weighted by Gasteiger charge is -2.03. The molecule has 7 heteroatoms. The third kappa shape index (κ3) is 3.54. The standard InChI is InChI=1S/C10H11F2NO4/c11-10(12)9-6(3-8(16)17)5(4-13-9)1-2-7(14)15/h4,10,13H,1-3H2,(H,14,15)(H,16,17). The van der Waals surface area contributed by atoms with Crippen molar-refractivity contribution in [3.8, 4) is 0 Å². The van der Waals surface area contributed by atoms with Gasteiger partial charge in [-0.05, 0) is 17.5 Å². The fraction of sp³-hybridized carbons (Fsp3) is 0.400. The molecule has 0 aromatic carbocycles. The van der Waals surface area contributed by atoms with Crippen molar-refractivity contribution in [3.63, 3.8) is 0 Å². The van der Waals surface area contributed by atoms with Crippen LogP contribution in [-0.4, -0.2) is 27.1 Å². The Hall–Kier alpha value is -1.92. The van der Waals surface area contributed by atoms with Crippen molar-refractivity contribution in [2.45, 2.75) is 25.7 Å². The first-order valence-corrected chi connectivity index (χ1v) is 4.82. The average Bonchev–Trinajstić information content (AvgIpc) is 2.57. The molecule has 94 valence electrons. The number of aromatic nitrogens is 1. The molecular formula is C10H11F2NO4. The molecule has 0 saturated carbocycles. The van der Waals surface area contributed by atoms with Crippen LogP contribution in [0.15, 0.2) is 6.20 Å². The van der Waals surface area contributed by atoms with E-state index in [1.54, 1.807) is 0 Å². The van der Waals surface area contributed by atoms with E-state index in [0.29, 0.717) is 5.56 Å². The predicted octanol–water partition coefficient (Wildman–Crippen LogP) is 1.60. The summed E-state index contributed by atoms with van der Waals surface area (Å²) in [5, 5.41) is 17.1. The van der Waals surface area contributed by atoms with Crippen molar-refractivity contribution in [1.82, 2.24) is 4.98 Å². The summed E-state index contributed by atoms with van der Waals surface area (Å²) < 4.78 is 25.1. The number of carboxylic acids is 2. The lowest BCUT2D eigenvalue weighted by Crippen LogP contribution is -2.06. The third-order valence-corrected chi connectivity index (χ3v) is 2.27. The van der Waals surface area contributed by atoms with Gasteiger partial charge in [0.05, 0.1) is 12.1 Å². The highest BCUT2D eigenvalue weighted by atomic mass is 19.3. The molecule has 17 heavy (non-hydrogen) atoms. The highest BCUT2D eigenvalue weighted by molar-refractivity contribution is 5.72. The number of hydrogen-bond acceptors (Lipinski definition) is 2. The zero-order valence-electron chi connectivity index (χ0n) is 8.74. The smallest absolute Gasteiger partial charge is 0.307 e. The Morgan fingerprint density at radius 2 is 1.94 bits per heavy atom. The Kier molecular flexibility index (Phi) is 4.19. The maximum Gasteiger partial charge on any atom is 0.307 e. The molecule has 0 aliphatic rings. The Morgan fingerprint density at radius 3 is 2.41 bits per heavy atom. The van der Waals surface area contributed by atoms with Gasteiger partial charge in [-0.25, -0.2) is 8.78 Å². The molecule has 5 nitrogen and oxygen atoms in total. The number of hydrogen-bond donors (Lipinski definition) is 3. The zero-order chi connectivity index (χ0) is 13.0. The Balaban J connectivity index is 2.95. The Morgan fingerprint density at radius 1 is 1.29 bits per heavy atom. The second-order valence-electron chi connectivity index (χ2n) is 3.47. The van der Waals surface area contributed by atoms with E-state index in [9.17, 15) is 18.4 Å². The van der Waals surface area contributed by atoms with E-state index in [4.69, 9.17) is 10.2 Å². The van der Waals surface area contributed by atoms with Crippen LogP contribution in [0.4, 0.5) is 8.78 Å². The molecule has 0 amide bonds. The minimum atomic E-state index is -2.80. The van der Waals surface area contributed by atoms with Gasteiger partial charge in [-0.3, -0.25) is 9.59 Å². The van der Waals surface area contributed by atoms with E-state index in [0.717, 1.165) is 0 Å². The first-order valence-electron chi connectivity index (χ1n) is 4.82. The number of carboxylic acid groups (broad SMARTS) is 2. The van der Waals surface area contributed by atoms with Crippen LogP contribution in [0.3, 0.4) is 0 Å². The molecule has 1 heterocycles. The SMILES string of the molecule is O=C(O)CCc1c[nH]c(C(F)F)c1CC(=O)O. The topological polar surface area (TPSA) is 90.4 Å². The number of rotatable bonds is 6. The summed E-state index contributed by atoms with van der Waals surface area (Å²) in [5.74, 6) is -2.30. The number of aryl methyl sites for hydroxylation is 1. The molecule has 1 rings (SSSR count). The van der Waals surface area contributed by atoms with E-state index < -0.39 is 30.5 Å². The number of aromatic amines is 1. The van der Waals surface area contributed by atoms with Crippen molar-refractivity contribution in [2.24, 2.45) is 0 Å². The van der Waals surface area contributed by atoms with E-state index in [2.05, 4.69) is 4.98 Å². The van der Waals surface area contributed by atoms with Crippen LogP contribution in [0.1, 0.15) is 29.7 Å². The molecule has 1 aromatic heterocycles. The van der Waals surface area contributed by atoms with Gasteiger partial charge in [-0.15, -0.1) is 0 Å². The molecule has 0 fully saturated rings. The highest BCUT2D eigenvalue weighted by Crippen LogP contribution is 2.26. The van der Waals surface area contributed by atoms with Crippen LogP contribution in [0.2, 0.25) is 0 Å². The summed E-state index contributed by atoms with van der Waals surface area (Å²) in [7, 11) is 0. The predicted molar refractivity (Wildman–Crippen MR) is 53.0 cm³/mol. The van der Waals surface area contributed by atoms with Crippen molar-refractivity contribution in [2.75, 3.05) is 0 Å². The second kappa shape index (κ2) is 5.42. The van der Waals surface area contributed by atoms with Crippen molar-refractivity contribution in [1.29, 1.82) is 0 Å². The van der Waals surface area contributed by atoms with Crippen molar-refractivity contribution >= 4 is 11.9 Å². The van der Waals surface area contributed by atoms with Gasteiger partial charge in [0, 0.05) is 12.6 Å². The summed E-state index contributed by atoms with van der Waals surface area (Å²) in [6, 6.07) is 0. The van der Waals surface area contributed by atoms with Gasteiger partial charge in [0.1, 0.15) is 0 Å². The second-order valence-corrected chi connectivity index (χ2v) is 3.47. The molecule has 0 aliphatic heterocycles. The van der Waals surface area contributed by atoms with E-state index >= 15 is 0 Å². The molecule has 0 unspecified atom stereocenters. The third-order valence-electron chi connectivity index (χ3n) is 2.27. The van der Waals surface area contributed by atoms with E-state index in [1.807, 2.05) is 0 Å². The zero-order valence-corrected chi connectivity index (χ0v) is 8.74. The minimum absolute atomic E-state index is 0.0197. The number of H-pyrrole nitrogens is 1. The first kappa shape index (κ1) is 13.1. The largest absolute Gasteiger partial charge is 0.481 e. The van der Waals surface area contributed by atoms with E-state index in [-0.39, 0.29) is 18.4 Å². The molecule has 0 radical (unpaired) electrons. The van der Waals surface area contributed by atoms with Crippen LogP contribution in [-0.2, 0) is 22.4 Å². The van der Waals surface area contributed by atoms with Gasteiger partial charge in [-0.1, -0.05) is 0 Å². The normalized spacial score (nSPS) is 10.8. The monoisotopic (exact) mass is 247 g/mol. The number of aliphatic carboxylic acids is 2. The quantitative estimate of drug-likeness (QED) is 0.712. The Labute approximate surface area is 95.1 Å². The average molecular weight is 247 g/mol. The Bertz CT molecular complexity index is 428. The van der Waals surface area contributed by atoms with Crippen molar-refractivity contribution in [3.05, 3.63) is 23.0 Å². The number of carbonyl (C=O) groups is 2. The molecule has 3 N–H and O–H groups in total. The summed E-state index contributed by atoms with van der Waals surface area (Å²) in [6.07, 6.45) is -2.31. The maximum absolute atomic E-state index is 12.5. The van der Waals surface area contributed by atoms with Crippen LogP contribution >= 0.6 is 0 Å². The summed E-state index contributed by atoms with van der Waals surface area (Å²) in [4.78, 5) is 23.2. The van der Waals surface area contributed by atoms with Crippen LogP contribution < -0.4 is 0 Å². The van der Waals surface area contributed by atoms with Gasteiger partial charge in [0.2, 0.25) is 0 Å². The summed E-state index contributed by atoms with van der Waals surface area (Å²) >= 11 is 0. The molecule has 0 atom stereocenters. The van der Waals surface area contributed by atoms with Gasteiger partial charge < -0.3 is 15.2 Å². The van der Waals surface area contributed by atoms with E-state index in [1.165, 1.54) is 6.20 Å². The fourth-order valence-electron chi connectivity index (χ4n) is 1.53. The lowest BCUT2D eigenvalue weighted by molar-refractivity contribution is -0.137. The highest BCUT2D eigenvalue weighted by Gasteiger charge is 2.20.